The third-order valence-corrected chi connectivity index (χ3v) is 2.63. The summed E-state index contributed by atoms with van der Waals surface area (Å²) in [6.45, 7) is 4.02. The molecule has 0 spiro atoms. The molecule has 0 aromatic carbocycles. The van der Waals surface area contributed by atoms with Gasteiger partial charge in [0.25, 0.3) is 0 Å². The third kappa shape index (κ3) is 7.89. The van der Waals surface area contributed by atoms with Crippen LogP contribution in [0.5, 0.6) is 0 Å². The Labute approximate surface area is 108 Å². The molecular weight excluding hydrogens is 236 g/mol. The quantitative estimate of drug-likeness (QED) is 0.546. The summed E-state index contributed by atoms with van der Waals surface area (Å²) in [5.41, 5.74) is 0. The van der Waals surface area contributed by atoms with Crippen LogP contribution in [-0.2, 0) is 9.53 Å². The standard InChI is InChI=1S/C12H24N2O4/c1-4-5-6-7-9(2)14-12(17)13-8-10(18-3)11(15)16/h9-10H,4-8H2,1-3H3,(H,15,16)(H2,13,14,17). The predicted molar refractivity (Wildman–Crippen MR) is 68.6 cm³/mol. The number of carboxylic acids is 1. The molecule has 106 valence electrons. The zero-order chi connectivity index (χ0) is 14.0. The van der Waals surface area contributed by atoms with E-state index in [-0.39, 0.29) is 18.6 Å². The van der Waals surface area contributed by atoms with E-state index in [9.17, 15) is 9.59 Å². The van der Waals surface area contributed by atoms with Crippen LogP contribution >= 0.6 is 0 Å². The van der Waals surface area contributed by atoms with Crippen molar-refractivity contribution in [2.24, 2.45) is 0 Å². The van der Waals surface area contributed by atoms with Gasteiger partial charge < -0.3 is 20.5 Å². The molecule has 0 rings (SSSR count). The van der Waals surface area contributed by atoms with E-state index in [0.717, 1.165) is 25.7 Å². The Morgan fingerprint density at radius 3 is 2.50 bits per heavy atom. The van der Waals surface area contributed by atoms with Crippen molar-refractivity contribution in [1.29, 1.82) is 0 Å². The number of carbonyl (C=O) groups excluding carboxylic acids is 1. The molecule has 3 N–H and O–H groups in total. The van der Waals surface area contributed by atoms with Crippen LogP contribution in [0.3, 0.4) is 0 Å². The Balaban J connectivity index is 3.79. The van der Waals surface area contributed by atoms with Crippen molar-refractivity contribution in [2.45, 2.75) is 51.7 Å². The summed E-state index contributed by atoms with van der Waals surface area (Å²) in [5, 5.41) is 14.0. The number of hydrogen-bond donors (Lipinski definition) is 3. The predicted octanol–water partition coefficient (Wildman–Crippen LogP) is 1.35. The van der Waals surface area contributed by atoms with E-state index in [1.54, 1.807) is 0 Å². The van der Waals surface area contributed by atoms with Crippen molar-refractivity contribution in [2.75, 3.05) is 13.7 Å². The second kappa shape index (κ2) is 9.70. The normalized spacial score (nSPS) is 13.7. The maximum atomic E-state index is 11.5. The number of rotatable bonds is 9. The summed E-state index contributed by atoms with van der Waals surface area (Å²) < 4.78 is 4.70. The zero-order valence-electron chi connectivity index (χ0n) is 11.4. The molecule has 0 aliphatic heterocycles. The number of carbonyl (C=O) groups is 2. The van der Waals surface area contributed by atoms with E-state index in [0.29, 0.717) is 0 Å². The highest BCUT2D eigenvalue weighted by Crippen LogP contribution is 2.02. The SMILES string of the molecule is CCCCCC(C)NC(=O)NCC(OC)C(=O)O. The lowest BCUT2D eigenvalue weighted by Gasteiger charge is -2.16. The minimum atomic E-state index is -1.09. The van der Waals surface area contributed by atoms with Gasteiger partial charge in [-0.05, 0) is 13.3 Å². The zero-order valence-corrected chi connectivity index (χ0v) is 11.4. The molecule has 2 atom stereocenters. The van der Waals surface area contributed by atoms with Gasteiger partial charge >= 0.3 is 12.0 Å². The van der Waals surface area contributed by atoms with Gasteiger partial charge in [-0.1, -0.05) is 26.2 Å². The number of ether oxygens (including phenoxy) is 1. The summed E-state index contributed by atoms with van der Waals surface area (Å²) >= 11 is 0. The number of amides is 2. The Morgan fingerprint density at radius 2 is 2.00 bits per heavy atom. The van der Waals surface area contributed by atoms with E-state index < -0.39 is 12.1 Å². The highest BCUT2D eigenvalue weighted by molar-refractivity contribution is 5.76. The average Bonchev–Trinajstić information content (AvgIpc) is 2.29. The van der Waals surface area contributed by atoms with Gasteiger partial charge in [0, 0.05) is 13.2 Å². The Bertz CT molecular complexity index is 258. The van der Waals surface area contributed by atoms with Gasteiger partial charge in [-0.2, -0.15) is 0 Å². The summed E-state index contributed by atoms with van der Waals surface area (Å²) in [6, 6.07) is -0.273. The van der Waals surface area contributed by atoms with Crippen LogP contribution in [0.4, 0.5) is 4.79 Å². The first kappa shape index (κ1) is 16.7. The summed E-state index contributed by atoms with van der Waals surface area (Å²) in [7, 11) is 1.30. The first-order valence-electron chi connectivity index (χ1n) is 6.31. The summed E-state index contributed by atoms with van der Waals surface area (Å²) in [4.78, 5) is 22.1. The fourth-order valence-electron chi connectivity index (χ4n) is 1.50. The van der Waals surface area contributed by atoms with Gasteiger partial charge in [0.2, 0.25) is 0 Å². The molecule has 0 fully saturated rings. The Hall–Kier alpha value is -1.30. The maximum Gasteiger partial charge on any atom is 0.334 e. The molecule has 0 aromatic rings. The van der Waals surface area contributed by atoms with E-state index in [1.165, 1.54) is 7.11 Å². The minimum Gasteiger partial charge on any atom is -0.479 e. The van der Waals surface area contributed by atoms with Gasteiger partial charge in [-0.15, -0.1) is 0 Å². The lowest BCUT2D eigenvalue weighted by Crippen LogP contribution is -2.45. The molecule has 0 saturated heterocycles. The van der Waals surface area contributed by atoms with Crippen molar-refractivity contribution in [1.82, 2.24) is 10.6 Å². The van der Waals surface area contributed by atoms with Crippen LogP contribution in [0, 0.1) is 0 Å². The summed E-state index contributed by atoms with van der Waals surface area (Å²) in [6.07, 6.45) is 3.29. The van der Waals surface area contributed by atoms with Crippen LogP contribution in [0.15, 0.2) is 0 Å². The second-order valence-corrected chi connectivity index (χ2v) is 4.31. The van der Waals surface area contributed by atoms with Gasteiger partial charge in [-0.25, -0.2) is 9.59 Å². The first-order chi connectivity index (χ1) is 8.51. The second-order valence-electron chi connectivity index (χ2n) is 4.31. The number of nitrogens with one attached hydrogen (secondary N) is 2. The Morgan fingerprint density at radius 1 is 1.33 bits per heavy atom. The van der Waals surface area contributed by atoms with Crippen molar-refractivity contribution in [3.63, 3.8) is 0 Å². The molecule has 0 heterocycles. The van der Waals surface area contributed by atoms with Crippen LogP contribution in [0.25, 0.3) is 0 Å². The number of carboxylic acid groups (broad SMARTS) is 1. The molecule has 0 aliphatic carbocycles. The molecule has 6 nitrogen and oxygen atoms in total. The highest BCUT2D eigenvalue weighted by atomic mass is 16.5. The number of aliphatic carboxylic acids is 1. The lowest BCUT2D eigenvalue weighted by atomic mass is 10.1. The monoisotopic (exact) mass is 260 g/mol. The van der Waals surface area contributed by atoms with Crippen molar-refractivity contribution in [3.05, 3.63) is 0 Å². The number of methoxy groups -OCH3 is 1. The smallest absolute Gasteiger partial charge is 0.334 e. The van der Waals surface area contributed by atoms with Crippen LogP contribution in [-0.4, -0.2) is 42.9 Å². The fourth-order valence-corrected chi connectivity index (χ4v) is 1.50. The van der Waals surface area contributed by atoms with Crippen LogP contribution < -0.4 is 10.6 Å². The largest absolute Gasteiger partial charge is 0.479 e. The van der Waals surface area contributed by atoms with E-state index >= 15 is 0 Å². The molecule has 0 aromatic heterocycles. The molecule has 0 bridgehead atoms. The number of hydrogen-bond acceptors (Lipinski definition) is 3. The van der Waals surface area contributed by atoms with E-state index in [4.69, 9.17) is 9.84 Å². The summed E-state index contributed by atoms with van der Waals surface area (Å²) in [5.74, 6) is -1.09. The average molecular weight is 260 g/mol. The first-order valence-corrected chi connectivity index (χ1v) is 6.31. The van der Waals surface area contributed by atoms with Gasteiger partial charge in [0.15, 0.2) is 6.10 Å². The molecule has 0 aliphatic rings. The van der Waals surface area contributed by atoms with E-state index in [2.05, 4.69) is 17.6 Å². The lowest BCUT2D eigenvalue weighted by molar-refractivity contribution is -0.147. The van der Waals surface area contributed by atoms with Crippen molar-refractivity contribution < 1.29 is 19.4 Å². The molecule has 6 heteroatoms. The topological polar surface area (TPSA) is 87.7 Å². The van der Waals surface area contributed by atoms with E-state index in [1.807, 2.05) is 6.92 Å². The van der Waals surface area contributed by atoms with Gasteiger partial charge in [0.05, 0.1) is 6.54 Å². The van der Waals surface area contributed by atoms with Crippen LogP contribution in [0.1, 0.15) is 39.5 Å². The van der Waals surface area contributed by atoms with Crippen molar-refractivity contribution in [3.8, 4) is 0 Å². The molecule has 0 saturated carbocycles. The number of urea groups is 1. The van der Waals surface area contributed by atoms with Gasteiger partial charge in [-0.3, -0.25) is 0 Å². The minimum absolute atomic E-state index is 0.0423. The molecule has 2 unspecified atom stereocenters. The van der Waals surface area contributed by atoms with Crippen molar-refractivity contribution >= 4 is 12.0 Å². The maximum absolute atomic E-state index is 11.5. The fraction of sp³-hybridized carbons (Fsp3) is 0.833. The van der Waals surface area contributed by atoms with Crippen LogP contribution in [0.2, 0.25) is 0 Å². The molecule has 0 radical (unpaired) electrons. The molecule has 18 heavy (non-hydrogen) atoms. The number of unbranched alkanes of at least 4 members (excludes halogenated alkanes) is 2. The Kier molecular flexibility index (Phi) is 9.00. The molecule has 2 amide bonds. The molecular formula is C12H24N2O4. The highest BCUT2D eigenvalue weighted by Gasteiger charge is 2.17. The third-order valence-electron chi connectivity index (χ3n) is 2.63. The van der Waals surface area contributed by atoms with Gasteiger partial charge in [0.1, 0.15) is 0 Å².